The number of hydrogen-bond donors (Lipinski definition) is 2. The van der Waals surface area contributed by atoms with Gasteiger partial charge < -0.3 is 48.1 Å². The Balaban J connectivity index is 1.95. The quantitative estimate of drug-likeness (QED) is 0.295. The fraction of sp³-hybridized carbons (Fsp3) is 0.667. The Labute approximate surface area is 310 Å². The largest absolute Gasteiger partial charge is 0.465 e. The minimum Gasteiger partial charge on any atom is -0.465 e. The van der Waals surface area contributed by atoms with Crippen molar-refractivity contribution in [3.63, 3.8) is 0 Å². The molecule has 1 saturated heterocycles. The Morgan fingerprint density at radius 1 is 0.852 bits per heavy atom. The first-order valence-corrected chi connectivity index (χ1v) is 17.3. The number of cyclic esters (lactones) is 1. The predicted octanol–water partition coefficient (Wildman–Crippen LogP) is 0.463. The molecule has 0 amide bonds. The van der Waals surface area contributed by atoms with Crippen LogP contribution >= 0.6 is 0 Å². The summed E-state index contributed by atoms with van der Waals surface area (Å²) in [6.45, 7) is 8.75. The zero-order valence-electron chi connectivity index (χ0n) is 31.3. The van der Waals surface area contributed by atoms with E-state index in [0.717, 1.165) is 41.5 Å². The van der Waals surface area contributed by atoms with Gasteiger partial charge in [0.05, 0.1) is 29.2 Å². The lowest BCUT2D eigenvalue weighted by atomic mass is 9.45. The molecule has 0 radical (unpaired) electrons. The van der Waals surface area contributed by atoms with Gasteiger partial charge in [0.1, 0.15) is 41.5 Å². The summed E-state index contributed by atoms with van der Waals surface area (Å²) in [4.78, 5) is 96.9. The number of rotatable bonds is 6. The Morgan fingerprint density at radius 2 is 1.41 bits per heavy atom. The molecule has 0 aromatic carbocycles. The highest BCUT2D eigenvalue weighted by Gasteiger charge is 2.90. The molecule has 5 rings (SSSR count). The molecule has 18 heteroatoms. The van der Waals surface area contributed by atoms with Crippen LogP contribution in [0.25, 0.3) is 0 Å². The maximum absolute atomic E-state index is 14.2. The fourth-order valence-corrected chi connectivity index (χ4v) is 8.96. The summed E-state index contributed by atoms with van der Waals surface area (Å²) in [6, 6.07) is 2.91. The number of aliphatic hydroxyl groups is 2. The van der Waals surface area contributed by atoms with Gasteiger partial charge in [0, 0.05) is 46.7 Å². The highest BCUT2D eigenvalue weighted by Crippen LogP contribution is 2.69. The Kier molecular flexibility index (Phi) is 10.6. The molecular formula is C36H45NO17. The molecule has 54 heavy (non-hydrogen) atoms. The van der Waals surface area contributed by atoms with Crippen LogP contribution in [0.1, 0.15) is 84.3 Å². The van der Waals surface area contributed by atoms with E-state index >= 15 is 0 Å². The van der Waals surface area contributed by atoms with Crippen molar-refractivity contribution >= 4 is 41.8 Å². The van der Waals surface area contributed by atoms with Gasteiger partial charge >= 0.3 is 41.8 Å². The van der Waals surface area contributed by atoms with Crippen molar-refractivity contribution in [2.75, 3.05) is 13.2 Å². The molecule has 2 saturated carbocycles. The molecule has 1 spiro atoms. The van der Waals surface area contributed by atoms with Crippen LogP contribution in [-0.2, 0) is 66.7 Å². The minimum absolute atomic E-state index is 0.0246. The average Bonchev–Trinajstić information content (AvgIpc) is 3.27. The Hall–Kier alpha value is -4.68. The molecule has 1 aromatic rings. The minimum atomic E-state index is -2.78. The number of nitrogens with zero attached hydrogens (tertiary/aromatic N) is 1. The van der Waals surface area contributed by atoms with Crippen LogP contribution < -0.4 is 0 Å². The first kappa shape index (κ1) is 40.5. The summed E-state index contributed by atoms with van der Waals surface area (Å²) in [5.74, 6) is -10.5. The van der Waals surface area contributed by atoms with Crippen LogP contribution in [0.15, 0.2) is 18.3 Å². The van der Waals surface area contributed by atoms with Crippen LogP contribution in [0.3, 0.4) is 0 Å². The second kappa shape index (κ2) is 14.2. The second-order valence-corrected chi connectivity index (χ2v) is 14.7. The summed E-state index contributed by atoms with van der Waals surface area (Å²) in [6.07, 6.45) is -10.5. The lowest BCUT2D eigenvalue weighted by Gasteiger charge is -2.67. The lowest BCUT2D eigenvalue weighted by Crippen LogP contribution is -2.89. The zero-order valence-corrected chi connectivity index (χ0v) is 31.3. The maximum Gasteiger partial charge on any atom is 0.340 e. The van der Waals surface area contributed by atoms with E-state index in [9.17, 15) is 43.8 Å². The van der Waals surface area contributed by atoms with E-state index in [0.29, 0.717) is 0 Å². The SMILES string of the molecule is CC(=O)OC[C@]12[C@H](OC(C)=O)[C@H](OC(C)=O)[C@@H]3[C@@H](O)[C@@]14O[C@@]3(C)COC(=O)c1cccnc1[C@@H](C)[C@H](C)C(=O)O[C@@H]([C@H](OC(C)=O)[C@@H]2OC(C)=O)C4(C)O. The zero-order chi connectivity index (χ0) is 40.3. The highest BCUT2D eigenvalue weighted by atomic mass is 16.7. The number of aliphatic hydroxyl groups excluding tert-OH is 1. The van der Waals surface area contributed by atoms with E-state index in [2.05, 4.69) is 4.98 Å². The van der Waals surface area contributed by atoms with Crippen LogP contribution in [0.4, 0.5) is 0 Å². The van der Waals surface area contributed by atoms with Crippen LogP contribution in [-0.4, -0.2) is 124 Å². The molecular weight excluding hydrogens is 718 g/mol. The summed E-state index contributed by atoms with van der Waals surface area (Å²) in [5.41, 5.74) is -9.93. The van der Waals surface area contributed by atoms with Crippen molar-refractivity contribution in [1.29, 1.82) is 0 Å². The summed E-state index contributed by atoms with van der Waals surface area (Å²) in [5, 5.41) is 25.9. The summed E-state index contributed by atoms with van der Waals surface area (Å²) in [7, 11) is 0. The van der Waals surface area contributed by atoms with E-state index in [4.69, 9.17) is 37.9 Å². The molecule has 4 aliphatic rings. The van der Waals surface area contributed by atoms with Gasteiger partial charge in [0.2, 0.25) is 0 Å². The fourth-order valence-electron chi connectivity index (χ4n) is 8.96. The van der Waals surface area contributed by atoms with Gasteiger partial charge in [-0.1, -0.05) is 13.8 Å². The lowest BCUT2D eigenvalue weighted by molar-refractivity contribution is -0.386. The maximum atomic E-state index is 14.2. The normalized spacial score (nSPS) is 39.8. The van der Waals surface area contributed by atoms with Gasteiger partial charge in [-0.2, -0.15) is 0 Å². The van der Waals surface area contributed by atoms with Gasteiger partial charge in [-0.05, 0) is 26.0 Å². The van der Waals surface area contributed by atoms with Crippen molar-refractivity contribution < 1.29 is 81.7 Å². The van der Waals surface area contributed by atoms with Crippen molar-refractivity contribution in [1.82, 2.24) is 4.98 Å². The van der Waals surface area contributed by atoms with Crippen molar-refractivity contribution in [2.24, 2.45) is 17.3 Å². The second-order valence-electron chi connectivity index (χ2n) is 14.7. The highest BCUT2D eigenvalue weighted by molar-refractivity contribution is 5.91. The van der Waals surface area contributed by atoms with Gasteiger partial charge in [0.25, 0.3) is 0 Å². The van der Waals surface area contributed by atoms with Crippen molar-refractivity contribution in [3.8, 4) is 0 Å². The molecule has 2 aliphatic carbocycles. The van der Waals surface area contributed by atoms with Crippen molar-refractivity contribution in [3.05, 3.63) is 29.6 Å². The van der Waals surface area contributed by atoms with E-state index < -0.39 is 132 Å². The number of esters is 7. The van der Waals surface area contributed by atoms with Gasteiger partial charge in [-0.3, -0.25) is 33.8 Å². The number of aromatic nitrogens is 1. The van der Waals surface area contributed by atoms with Gasteiger partial charge in [-0.15, -0.1) is 0 Å². The molecule has 18 nitrogen and oxygen atoms in total. The van der Waals surface area contributed by atoms with Gasteiger partial charge in [0.15, 0.2) is 24.4 Å². The van der Waals surface area contributed by atoms with E-state index in [1.165, 1.54) is 32.2 Å². The van der Waals surface area contributed by atoms with E-state index in [1.54, 1.807) is 6.92 Å². The summed E-state index contributed by atoms with van der Waals surface area (Å²) >= 11 is 0. The van der Waals surface area contributed by atoms with E-state index in [1.807, 2.05) is 0 Å². The number of carbonyl (C=O) groups is 7. The first-order valence-electron chi connectivity index (χ1n) is 17.3. The van der Waals surface area contributed by atoms with Crippen LogP contribution in [0.2, 0.25) is 0 Å². The van der Waals surface area contributed by atoms with E-state index in [-0.39, 0.29) is 11.3 Å². The molecule has 3 heterocycles. The first-order chi connectivity index (χ1) is 25.1. The topological polar surface area (TPSA) is 247 Å². The molecule has 13 atom stereocenters. The third-order valence-electron chi connectivity index (χ3n) is 11.2. The monoisotopic (exact) mass is 763 g/mol. The number of pyridine rings is 1. The molecule has 3 fully saturated rings. The molecule has 2 N–H and O–H groups in total. The third kappa shape index (κ3) is 6.17. The predicted molar refractivity (Wildman–Crippen MR) is 176 cm³/mol. The number of carbonyl (C=O) groups excluding carboxylic acids is 7. The number of ether oxygens (including phenoxy) is 8. The molecule has 296 valence electrons. The average molecular weight is 764 g/mol. The number of fused-ring (bicyclic) bond motifs is 5. The Morgan fingerprint density at radius 3 is 1.96 bits per heavy atom. The summed E-state index contributed by atoms with van der Waals surface area (Å²) < 4.78 is 47.5. The van der Waals surface area contributed by atoms with Crippen molar-refractivity contribution in [2.45, 2.75) is 122 Å². The molecule has 1 aromatic heterocycles. The van der Waals surface area contributed by atoms with Gasteiger partial charge in [-0.25, -0.2) is 4.79 Å². The molecule has 1 unspecified atom stereocenters. The number of hydrogen-bond acceptors (Lipinski definition) is 18. The standard InChI is InChI=1S/C36H45NO17/c1-15-16(2)31(44)53-28-26(50-19(5)40)30(52-21(7)42)35(14-47-17(3)38)29(51-20(6)41)25(49-18(4)39)23-27(43)36(35,34(28,9)46)54-33(23,8)13-48-32(45)22-11-10-12-37-24(15)22/h10-12,15-16,23,25-30,43,46H,13-14H2,1-9H3/t15-,16-,23+,25+,26-,27+,28-,29+,30-,33-,34?,35+,36-/m0/s1. The smallest absolute Gasteiger partial charge is 0.340 e. The third-order valence-corrected chi connectivity index (χ3v) is 11.2. The van der Waals surface area contributed by atoms with Crippen LogP contribution in [0, 0.1) is 17.3 Å². The molecule has 4 bridgehead atoms. The van der Waals surface area contributed by atoms with Crippen LogP contribution in [0.5, 0.6) is 0 Å². The molecule has 2 aliphatic heterocycles. The Bertz CT molecular complexity index is 1740.